The van der Waals surface area contributed by atoms with Gasteiger partial charge in [-0.2, -0.15) is 0 Å². The summed E-state index contributed by atoms with van der Waals surface area (Å²) in [6.45, 7) is 6.00. The van der Waals surface area contributed by atoms with Gasteiger partial charge in [0, 0.05) is 25.7 Å². The van der Waals surface area contributed by atoms with E-state index >= 15 is 0 Å². The van der Waals surface area contributed by atoms with Crippen LogP contribution in [0.5, 0.6) is 0 Å². The highest BCUT2D eigenvalue weighted by Crippen LogP contribution is 2.10. The summed E-state index contributed by atoms with van der Waals surface area (Å²) >= 11 is 0. The van der Waals surface area contributed by atoms with Gasteiger partial charge in [0.1, 0.15) is 0 Å². The highest BCUT2D eigenvalue weighted by molar-refractivity contribution is 4.77. The molecule has 1 rings (SSSR count). The smallest absolute Gasteiger partial charge is 0.0933 e. The third kappa shape index (κ3) is 3.53. The van der Waals surface area contributed by atoms with Crippen molar-refractivity contribution >= 4 is 0 Å². The zero-order valence-corrected chi connectivity index (χ0v) is 9.44. The maximum absolute atomic E-state index is 9.01. The zero-order valence-electron chi connectivity index (χ0n) is 9.44. The van der Waals surface area contributed by atoms with Crippen LogP contribution in [0.3, 0.4) is 0 Å². The van der Waals surface area contributed by atoms with Crippen molar-refractivity contribution in [1.29, 1.82) is 0 Å². The molecule has 0 aliphatic carbocycles. The average Bonchev–Trinajstić information content (AvgIpc) is 2.16. The number of rotatable bonds is 4. The number of likely N-dealkylation sites (N-methyl/N-ethyl adjacent to an activating group) is 1. The minimum atomic E-state index is 0.00774. The van der Waals surface area contributed by atoms with E-state index in [0.717, 1.165) is 26.2 Å². The molecule has 1 N–H and O–H groups in total. The molecule has 14 heavy (non-hydrogen) atoms. The Hall–Kier alpha value is -0.160. The second-order valence-corrected chi connectivity index (χ2v) is 4.29. The number of aliphatic hydroxyl groups excluding tert-OH is 1. The molecular formula is C10H22N2O2. The fourth-order valence-corrected chi connectivity index (χ4v) is 1.63. The lowest BCUT2D eigenvalue weighted by Crippen LogP contribution is -2.51. The van der Waals surface area contributed by atoms with Crippen LogP contribution < -0.4 is 0 Å². The Bertz CT molecular complexity index is 164. The van der Waals surface area contributed by atoms with Gasteiger partial charge in [0.25, 0.3) is 0 Å². The number of hydrogen-bond acceptors (Lipinski definition) is 4. The van der Waals surface area contributed by atoms with Gasteiger partial charge in [0.05, 0.1) is 19.3 Å². The fourth-order valence-electron chi connectivity index (χ4n) is 1.63. The molecule has 0 aromatic rings. The molecule has 4 heteroatoms. The predicted molar refractivity (Wildman–Crippen MR) is 56.4 cm³/mol. The molecule has 0 aromatic heterocycles. The normalized spacial score (nSPS) is 29.8. The SMILES string of the molecule is CC1COC(CO)CN1CCN(C)C. The van der Waals surface area contributed by atoms with Crippen molar-refractivity contribution in [3.8, 4) is 0 Å². The summed E-state index contributed by atoms with van der Waals surface area (Å²) in [5, 5.41) is 9.01. The molecule has 0 saturated carbocycles. The van der Waals surface area contributed by atoms with Crippen molar-refractivity contribution in [1.82, 2.24) is 9.80 Å². The Morgan fingerprint density at radius 3 is 2.79 bits per heavy atom. The largest absolute Gasteiger partial charge is 0.394 e. The van der Waals surface area contributed by atoms with Crippen LogP contribution in [0.1, 0.15) is 6.92 Å². The third-order valence-corrected chi connectivity index (χ3v) is 2.67. The first-order valence-corrected chi connectivity index (χ1v) is 5.24. The van der Waals surface area contributed by atoms with Crippen LogP contribution in [0.15, 0.2) is 0 Å². The van der Waals surface area contributed by atoms with Gasteiger partial charge < -0.3 is 14.7 Å². The third-order valence-electron chi connectivity index (χ3n) is 2.67. The standard InChI is InChI=1S/C10H22N2O2/c1-9-8-14-10(7-13)6-12(9)5-4-11(2)3/h9-10,13H,4-8H2,1-3H3. The maximum Gasteiger partial charge on any atom is 0.0933 e. The van der Waals surface area contributed by atoms with E-state index in [1.165, 1.54) is 0 Å². The number of morpholine rings is 1. The fraction of sp³-hybridized carbons (Fsp3) is 1.00. The van der Waals surface area contributed by atoms with Crippen molar-refractivity contribution in [2.75, 3.05) is 46.9 Å². The highest BCUT2D eigenvalue weighted by Gasteiger charge is 2.24. The van der Waals surface area contributed by atoms with Crippen molar-refractivity contribution < 1.29 is 9.84 Å². The highest BCUT2D eigenvalue weighted by atomic mass is 16.5. The molecule has 1 fully saturated rings. The molecule has 1 heterocycles. The van der Waals surface area contributed by atoms with Crippen LogP contribution in [0.25, 0.3) is 0 Å². The summed E-state index contributed by atoms with van der Waals surface area (Å²) in [6.07, 6.45) is 0.00774. The Morgan fingerprint density at radius 1 is 1.50 bits per heavy atom. The van der Waals surface area contributed by atoms with Crippen LogP contribution in [-0.4, -0.2) is 74.0 Å². The molecule has 1 saturated heterocycles. The molecule has 84 valence electrons. The second-order valence-electron chi connectivity index (χ2n) is 4.29. The lowest BCUT2D eigenvalue weighted by atomic mass is 10.2. The minimum absolute atomic E-state index is 0.00774. The quantitative estimate of drug-likeness (QED) is 0.675. The summed E-state index contributed by atoms with van der Waals surface area (Å²) in [6, 6.07) is 0.470. The van der Waals surface area contributed by atoms with E-state index in [-0.39, 0.29) is 12.7 Å². The Balaban J connectivity index is 2.32. The molecule has 0 bridgehead atoms. The van der Waals surface area contributed by atoms with Crippen LogP contribution in [0.2, 0.25) is 0 Å². The van der Waals surface area contributed by atoms with Crippen LogP contribution in [-0.2, 0) is 4.74 Å². The van der Waals surface area contributed by atoms with Gasteiger partial charge in [0.15, 0.2) is 0 Å². The number of aliphatic hydroxyl groups is 1. The number of hydrogen-bond donors (Lipinski definition) is 1. The van der Waals surface area contributed by atoms with E-state index < -0.39 is 0 Å². The van der Waals surface area contributed by atoms with E-state index in [2.05, 4.69) is 30.8 Å². The predicted octanol–water partition coefficient (Wildman–Crippen LogP) is -0.370. The number of ether oxygens (including phenoxy) is 1. The monoisotopic (exact) mass is 202 g/mol. The van der Waals surface area contributed by atoms with Gasteiger partial charge in [-0.25, -0.2) is 0 Å². The van der Waals surface area contributed by atoms with E-state index in [1.807, 2.05) is 0 Å². The number of nitrogens with zero attached hydrogens (tertiary/aromatic N) is 2. The molecule has 0 radical (unpaired) electrons. The molecule has 1 aliphatic heterocycles. The first-order valence-electron chi connectivity index (χ1n) is 5.24. The van der Waals surface area contributed by atoms with Gasteiger partial charge in [-0.1, -0.05) is 0 Å². The van der Waals surface area contributed by atoms with E-state index in [4.69, 9.17) is 9.84 Å². The minimum Gasteiger partial charge on any atom is -0.394 e. The van der Waals surface area contributed by atoms with Gasteiger partial charge >= 0.3 is 0 Å². The Labute approximate surface area is 86.4 Å². The summed E-state index contributed by atoms with van der Waals surface area (Å²) in [7, 11) is 4.16. The average molecular weight is 202 g/mol. The van der Waals surface area contributed by atoms with Gasteiger partial charge in [-0.3, -0.25) is 4.90 Å². The lowest BCUT2D eigenvalue weighted by Gasteiger charge is -2.37. The van der Waals surface area contributed by atoms with Crippen molar-refractivity contribution in [3.05, 3.63) is 0 Å². The van der Waals surface area contributed by atoms with Gasteiger partial charge in [-0.05, 0) is 21.0 Å². The molecule has 0 spiro atoms. The van der Waals surface area contributed by atoms with Crippen molar-refractivity contribution in [2.24, 2.45) is 0 Å². The Morgan fingerprint density at radius 2 is 2.21 bits per heavy atom. The van der Waals surface area contributed by atoms with Gasteiger partial charge in [0.2, 0.25) is 0 Å². The van der Waals surface area contributed by atoms with Crippen molar-refractivity contribution in [2.45, 2.75) is 19.1 Å². The van der Waals surface area contributed by atoms with E-state index in [9.17, 15) is 0 Å². The van der Waals surface area contributed by atoms with Crippen LogP contribution in [0, 0.1) is 0 Å². The molecule has 1 aliphatic rings. The molecule has 2 unspecified atom stereocenters. The van der Waals surface area contributed by atoms with Crippen molar-refractivity contribution in [3.63, 3.8) is 0 Å². The summed E-state index contributed by atoms with van der Waals surface area (Å²) in [5.74, 6) is 0. The van der Waals surface area contributed by atoms with Crippen LogP contribution >= 0.6 is 0 Å². The lowest BCUT2D eigenvalue weighted by molar-refractivity contribution is -0.0785. The zero-order chi connectivity index (χ0) is 10.6. The summed E-state index contributed by atoms with van der Waals surface area (Å²) < 4.78 is 5.47. The van der Waals surface area contributed by atoms with E-state index in [0.29, 0.717) is 6.04 Å². The summed E-state index contributed by atoms with van der Waals surface area (Å²) in [4.78, 5) is 4.56. The van der Waals surface area contributed by atoms with Crippen LogP contribution in [0.4, 0.5) is 0 Å². The molecule has 2 atom stereocenters. The Kier molecular flexibility index (Phi) is 4.81. The molecule has 0 amide bonds. The van der Waals surface area contributed by atoms with E-state index in [1.54, 1.807) is 0 Å². The first kappa shape index (κ1) is 11.9. The maximum atomic E-state index is 9.01. The molecule has 0 aromatic carbocycles. The second kappa shape index (κ2) is 5.66. The first-order chi connectivity index (χ1) is 6.63. The molecular weight excluding hydrogens is 180 g/mol. The topological polar surface area (TPSA) is 35.9 Å². The van der Waals surface area contributed by atoms with Gasteiger partial charge in [-0.15, -0.1) is 0 Å². The molecule has 4 nitrogen and oxygen atoms in total. The summed E-state index contributed by atoms with van der Waals surface area (Å²) in [5.41, 5.74) is 0.